The molecule has 0 saturated heterocycles. The van der Waals surface area contributed by atoms with Crippen LogP contribution in [0.5, 0.6) is 5.75 Å². The van der Waals surface area contributed by atoms with Gasteiger partial charge < -0.3 is 10.4 Å². The predicted octanol–water partition coefficient (Wildman–Crippen LogP) is 2.70. The van der Waals surface area contributed by atoms with Gasteiger partial charge >= 0.3 is 0 Å². The van der Waals surface area contributed by atoms with Gasteiger partial charge in [-0.25, -0.2) is 4.98 Å². The van der Waals surface area contributed by atoms with E-state index in [0.717, 1.165) is 11.1 Å². The number of hydrogen-bond acceptors (Lipinski definition) is 3. The summed E-state index contributed by atoms with van der Waals surface area (Å²) in [6, 6.07) is 0. The fourth-order valence-electron chi connectivity index (χ4n) is 1.61. The van der Waals surface area contributed by atoms with Gasteiger partial charge in [0.1, 0.15) is 11.6 Å². The third kappa shape index (κ3) is 3.19. The smallest absolute Gasteiger partial charge is 0.225 e. The highest BCUT2D eigenvalue weighted by Crippen LogP contribution is 2.27. The number of aryl methyl sites for hydroxylation is 1. The predicted molar refractivity (Wildman–Crippen MR) is 68.2 cm³/mol. The molecule has 2 N–H and O–H groups in total. The van der Waals surface area contributed by atoms with Crippen LogP contribution >= 0.6 is 0 Å². The number of nitrogens with one attached hydrogen (secondary N) is 1. The van der Waals surface area contributed by atoms with Gasteiger partial charge in [0, 0.05) is 6.42 Å². The van der Waals surface area contributed by atoms with Gasteiger partial charge in [-0.15, -0.1) is 0 Å². The first-order chi connectivity index (χ1) is 7.82. The second-order valence-electron chi connectivity index (χ2n) is 4.79. The van der Waals surface area contributed by atoms with Crippen LogP contribution in [0.25, 0.3) is 0 Å². The molecule has 0 radical (unpaired) electrons. The SMILES string of the molecule is Cc1nc(NC(=O)CC(C)C)c(C)c(C)c1O. The number of carbonyl (C=O) groups is 1. The Hall–Kier alpha value is -1.58. The van der Waals surface area contributed by atoms with Gasteiger partial charge in [0.15, 0.2) is 0 Å². The lowest BCUT2D eigenvalue weighted by Gasteiger charge is -2.13. The number of hydrogen-bond donors (Lipinski definition) is 2. The molecule has 0 aliphatic carbocycles. The fraction of sp³-hybridized carbons (Fsp3) is 0.538. The average Bonchev–Trinajstić information content (AvgIpc) is 2.21. The maximum atomic E-state index is 11.7. The molecule has 0 atom stereocenters. The second kappa shape index (κ2) is 5.17. The molecule has 4 nitrogen and oxygen atoms in total. The van der Waals surface area contributed by atoms with Crippen LogP contribution in [-0.2, 0) is 4.79 Å². The van der Waals surface area contributed by atoms with E-state index in [1.54, 1.807) is 6.92 Å². The van der Waals surface area contributed by atoms with E-state index in [0.29, 0.717) is 23.9 Å². The van der Waals surface area contributed by atoms with Crippen molar-refractivity contribution >= 4 is 11.7 Å². The summed E-state index contributed by atoms with van der Waals surface area (Å²) in [5.74, 6) is 1.02. The highest BCUT2D eigenvalue weighted by atomic mass is 16.3. The maximum Gasteiger partial charge on any atom is 0.225 e. The fourth-order valence-corrected chi connectivity index (χ4v) is 1.61. The average molecular weight is 236 g/mol. The van der Waals surface area contributed by atoms with E-state index in [9.17, 15) is 9.90 Å². The monoisotopic (exact) mass is 236 g/mol. The Labute approximate surface area is 102 Å². The Kier molecular flexibility index (Phi) is 4.10. The van der Waals surface area contributed by atoms with Gasteiger partial charge in [-0.2, -0.15) is 0 Å². The molecule has 0 bridgehead atoms. The summed E-state index contributed by atoms with van der Waals surface area (Å²) in [6.45, 7) is 9.37. The van der Waals surface area contributed by atoms with Crippen molar-refractivity contribution in [1.29, 1.82) is 0 Å². The van der Waals surface area contributed by atoms with Gasteiger partial charge in [-0.1, -0.05) is 13.8 Å². The summed E-state index contributed by atoms with van der Waals surface area (Å²) in [6.07, 6.45) is 0.472. The van der Waals surface area contributed by atoms with E-state index in [1.165, 1.54) is 0 Å². The first-order valence-corrected chi connectivity index (χ1v) is 5.79. The molecule has 0 aromatic carbocycles. The van der Waals surface area contributed by atoms with Crippen LogP contribution in [-0.4, -0.2) is 16.0 Å². The van der Waals surface area contributed by atoms with Crippen molar-refractivity contribution in [2.45, 2.75) is 41.0 Å². The van der Waals surface area contributed by atoms with Gasteiger partial charge in [0.25, 0.3) is 0 Å². The molecule has 17 heavy (non-hydrogen) atoms. The van der Waals surface area contributed by atoms with Crippen LogP contribution in [0.2, 0.25) is 0 Å². The summed E-state index contributed by atoms with van der Waals surface area (Å²) in [7, 11) is 0. The van der Waals surface area contributed by atoms with E-state index < -0.39 is 0 Å². The molecule has 0 aliphatic rings. The van der Waals surface area contributed by atoms with Crippen molar-refractivity contribution in [2.24, 2.45) is 5.92 Å². The topological polar surface area (TPSA) is 62.2 Å². The molecule has 1 aromatic rings. The standard InChI is InChI=1S/C13H20N2O2/c1-7(2)6-11(16)15-13-9(4)8(3)12(17)10(5)14-13/h7,17H,6H2,1-5H3,(H,14,15,16). The number of nitrogens with zero attached hydrogens (tertiary/aromatic N) is 1. The van der Waals surface area contributed by atoms with Crippen LogP contribution < -0.4 is 5.32 Å². The lowest BCUT2D eigenvalue weighted by Crippen LogP contribution is -2.16. The van der Waals surface area contributed by atoms with Gasteiger partial charge in [-0.05, 0) is 37.8 Å². The molecule has 4 heteroatoms. The van der Waals surface area contributed by atoms with Gasteiger partial charge in [0.2, 0.25) is 5.91 Å². The Balaban J connectivity index is 2.96. The number of pyridine rings is 1. The zero-order valence-corrected chi connectivity index (χ0v) is 11.1. The summed E-state index contributed by atoms with van der Waals surface area (Å²) < 4.78 is 0. The molecule has 1 rings (SSSR count). The van der Waals surface area contributed by atoms with Crippen molar-refractivity contribution in [1.82, 2.24) is 4.98 Å². The first-order valence-electron chi connectivity index (χ1n) is 5.79. The number of carbonyl (C=O) groups excluding carboxylic acids is 1. The van der Waals surface area contributed by atoms with Crippen molar-refractivity contribution in [3.05, 3.63) is 16.8 Å². The third-order valence-corrected chi connectivity index (χ3v) is 2.75. The maximum absolute atomic E-state index is 11.7. The summed E-state index contributed by atoms with van der Waals surface area (Å²) in [5.41, 5.74) is 2.11. The number of anilines is 1. The van der Waals surface area contributed by atoms with Crippen molar-refractivity contribution in [3.8, 4) is 5.75 Å². The summed E-state index contributed by atoms with van der Waals surface area (Å²) in [4.78, 5) is 15.9. The Bertz CT molecular complexity index is 440. The lowest BCUT2D eigenvalue weighted by atomic mass is 10.1. The van der Waals surface area contributed by atoms with Crippen LogP contribution in [0, 0.1) is 26.7 Å². The molecule has 0 aliphatic heterocycles. The minimum Gasteiger partial charge on any atom is -0.506 e. The normalized spacial score (nSPS) is 10.7. The molecule has 1 amide bonds. The lowest BCUT2D eigenvalue weighted by molar-refractivity contribution is -0.116. The molecular formula is C13H20N2O2. The summed E-state index contributed by atoms with van der Waals surface area (Å²) in [5, 5.41) is 12.5. The Morgan fingerprint density at radius 2 is 1.88 bits per heavy atom. The Morgan fingerprint density at radius 1 is 1.29 bits per heavy atom. The van der Waals surface area contributed by atoms with Crippen molar-refractivity contribution in [2.75, 3.05) is 5.32 Å². The van der Waals surface area contributed by atoms with Gasteiger partial charge in [-0.3, -0.25) is 4.79 Å². The minimum absolute atomic E-state index is 0.0416. The van der Waals surface area contributed by atoms with E-state index >= 15 is 0 Å². The van der Waals surface area contributed by atoms with E-state index in [2.05, 4.69) is 10.3 Å². The summed E-state index contributed by atoms with van der Waals surface area (Å²) >= 11 is 0. The first kappa shape index (κ1) is 13.5. The molecule has 0 saturated carbocycles. The molecular weight excluding hydrogens is 216 g/mol. The number of amides is 1. The van der Waals surface area contributed by atoms with Gasteiger partial charge in [0.05, 0.1) is 5.69 Å². The number of aromatic nitrogens is 1. The zero-order valence-electron chi connectivity index (χ0n) is 11.1. The number of aromatic hydroxyl groups is 1. The third-order valence-electron chi connectivity index (χ3n) is 2.75. The second-order valence-corrected chi connectivity index (χ2v) is 4.79. The van der Waals surface area contributed by atoms with Crippen molar-refractivity contribution in [3.63, 3.8) is 0 Å². The van der Waals surface area contributed by atoms with Crippen LogP contribution in [0.3, 0.4) is 0 Å². The molecule has 1 heterocycles. The van der Waals surface area contributed by atoms with E-state index in [1.807, 2.05) is 27.7 Å². The quantitative estimate of drug-likeness (QED) is 0.848. The van der Waals surface area contributed by atoms with Crippen LogP contribution in [0.15, 0.2) is 0 Å². The highest BCUT2D eigenvalue weighted by Gasteiger charge is 2.13. The number of rotatable bonds is 3. The minimum atomic E-state index is -0.0416. The van der Waals surface area contributed by atoms with Crippen molar-refractivity contribution < 1.29 is 9.90 Å². The molecule has 0 unspecified atom stereocenters. The molecule has 1 aromatic heterocycles. The highest BCUT2D eigenvalue weighted by molar-refractivity contribution is 5.90. The van der Waals surface area contributed by atoms with E-state index in [4.69, 9.17) is 0 Å². The van der Waals surface area contributed by atoms with Crippen LogP contribution in [0.4, 0.5) is 5.82 Å². The zero-order chi connectivity index (χ0) is 13.2. The van der Waals surface area contributed by atoms with Crippen LogP contribution in [0.1, 0.15) is 37.1 Å². The molecule has 0 spiro atoms. The largest absolute Gasteiger partial charge is 0.506 e. The molecule has 0 fully saturated rings. The molecule has 94 valence electrons. The van der Waals surface area contributed by atoms with E-state index in [-0.39, 0.29) is 11.7 Å². The Morgan fingerprint density at radius 3 is 2.41 bits per heavy atom.